The zero-order valence-corrected chi connectivity index (χ0v) is 15.6. The number of fused-ring (bicyclic) bond motifs is 1. The number of hydrogen-bond donors (Lipinski definition) is 2. The molecule has 1 aliphatic heterocycles. The Labute approximate surface area is 164 Å². The summed E-state index contributed by atoms with van der Waals surface area (Å²) in [4.78, 5) is 25.4. The first-order chi connectivity index (χ1) is 13.8. The number of urea groups is 1. The minimum absolute atomic E-state index is 0.00253. The summed E-state index contributed by atoms with van der Waals surface area (Å²) in [5, 5.41) is 12.7. The fourth-order valence-corrected chi connectivity index (χ4v) is 3.34. The quantitative estimate of drug-likeness (QED) is 0.735. The number of piperidine rings is 1. The first-order valence-corrected chi connectivity index (χ1v) is 9.10. The van der Waals surface area contributed by atoms with Gasteiger partial charge in [0.2, 0.25) is 5.91 Å². The van der Waals surface area contributed by atoms with Crippen molar-refractivity contribution in [3.05, 3.63) is 42.4 Å². The van der Waals surface area contributed by atoms with Gasteiger partial charge in [0.1, 0.15) is 5.82 Å². The number of amides is 3. The molecule has 3 heterocycles. The van der Waals surface area contributed by atoms with Crippen LogP contribution in [0.2, 0.25) is 0 Å². The van der Waals surface area contributed by atoms with Gasteiger partial charge >= 0.3 is 12.2 Å². The second-order valence-corrected chi connectivity index (χ2v) is 6.82. The summed E-state index contributed by atoms with van der Waals surface area (Å²) >= 11 is 0. The lowest BCUT2D eigenvalue weighted by molar-refractivity contribution is -0.137. The molecule has 8 nitrogen and oxygen atoms in total. The van der Waals surface area contributed by atoms with Crippen LogP contribution in [0, 0.1) is 0 Å². The SMILES string of the molecule is C=CCNC(=O)NC(=O)CN1CCCC(c2nnc3ccc(C(F)(F)F)cn23)C1. The molecule has 1 aliphatic rings. The summed E-state index contributed by atoms with van der Waals surface area (Å²) in [6.07, 6.45) is -0.505. The van der Waals surface area contributed by atoms with Gasteiger partial charge in [-0.15, -0.1) is 16.8 Å². The highest BCUT2D eigenvalue weighted by Gasteiger charge is 2.32. The van der Waals surface area contributed by atoms with E-state index in [4.69, 9.17) is 0 Å². The van der Waals surface area contributed by atoms with E-state index >= 15 is 0 Å². The first kappa shape index (κ1) is 20.8. The molecule has 2 aromatic heterocycles. The number of alkyl halides is 3. The molecule has 0 spiro atoms. The van der Waals surface area contributed by atoms with E-state index in [9.17, 15) is 22.8 Å². The van der Waals surface area contributed by atoms with E-state index < -0.39 is 23.7 Å². The van der Waals surface area contributed by atoms with Crippen molar-refractivity contribution in [1.82, 2.24) is 30.1 Å². The van der Waals surface area contributed by atoms with Crippen LogP contribution in [-0.2, 0) is 11.0 Å². The summed E-state index contributed by atoms with van der Waals surface area (Å²) in [5.74, 6) is -0.206. The van der Waals surface area contributed by atoms with Crippen molar-refractivity contribution in [2.45, 2.75) is 24.9 Å². The van der Waals surface area contributed by atoms with Gasteiger partial charge < -0.3 is 5.32 Å². The van der Waals surface area contributed by atoms with Crippen LogP contribution in [0.25, 0.3) is 5.65 Å². The lowest BCUT2D eigenvalue weighted by Crippen LogP contribution is -2.46. The molecule has 2 N–H and O–H groups in total. The summed E-state index contributed by atoms with van der Waals surface area (Å²) < 4.78 is 40.5. The predicted molar refractivity (Wildman–Crippen MR) is 98.1 cm³/mol. The van der Waals surface area contributed by atoms with Gasteiger partial charge in [-0.05, 0) is 31.5 Å². The van der Waals surface area contributed by atoms with Gasteiger partial charge in [-0.2, -0.15) is 13.2 Å². The van der Waals surface area contributed by atoms with Crippen LogP contribution in [0.4, 0.5) is 18.0 Å². The maximum Gasteiger partial charge on any atom is 0.417 e. The standard InChI is InChI=1S/C18H21F3N6O2/c1-2-7-22-17(29)23-15(28)11-26-8-3-4-12(9-26)16-25-24-14-6-5-13(10-27(14)16)18(19,20)21/h2,5-6,10,12H,1,3-4,7-9,11H2,(H2,22,23,28,29). The fraction of sp³-hybridized carbons (Fsp3) is 0.444. The number of carbonyl (C=O) groups excluding carboxylic acids is 2. The van der Waals surface area contributed by atoms with Crippen molar-refractivity contribution < 1.29 is 22.8 Å². The van der Waals surface area contributed by atoms with E-state index in [-0.39, 0.29) is 19.0 Å². The summed E-state index contributed by atoms with van der Waals surface area (Å²) in [7, 11) is 0. The highest BCUT2D eigenvalue weighted by molar-refractivity contribution is 5.95. The summed E-state index contributed by atoms with van der Waals surface area (Å²) in [5.41, 5.74) is -0.439. The minimum atomic E-state index is -4.46. The molecule has 2 aromatic rings. The third kappa shape index (κ3) is 5.11. The normalized spacial score (nSPS) is 17.8. The third-order valence-corrected chi connectivity index (χ3v) is 4.65. The second kappa shape index (κ2) is 8.60. The van der Waals surface area contributed by atoms with E-state index in [2.05, 4.69) is 27.4 Å². The van der Waals surface area contributed by atoms with Crippen molar-refractivity contribution in [2.75, 3.05) is 26.2 Å². The van der Waals surface area contributed by atoms with Crippen LogP contribution >= 0.6 is 0 Å². The van der Waals surface area contributed by atoms with Gasteiger partial charge in [0.25, 0.3) is 0 Å². The second-order valence-electron chi connectivity index (χ2n) is 6.82. The number of imide groups is 1. The molecule has 0 aliphatic carbocycles. The third-order valence-electron chi connectivity index (χ3n) is 4.65. The highest BCUT2D eigenvalue weighted by atomic mass is 19.4. The van der Waals surface area contributed by atoms with Crippen molar-refractivity contribution >= 4 is 17.6 Å². The van der Waals surface area contributed by atoms with Gasteiger partial charge in [-0.25, -0.2) is 4.79 Å². The highest BCUT2D eigenvalue weighted by Crippen LogP contribution is 2.31. The van der Waals surface area contributed by atoms with E-state index in [1.165, 1.54) is 16.5 Å². The predicted octanol–water partition coefficient (Wildman–Crippen LogP) is 1.94. The Hall–Kier alpha value is -2.95. The maximum atomic E-state index is 13.0. The first-order valence-electron chi connectivity index (χ1n) is 9.10. The molecule has 3 rings (SSSR count). The average molecular weight is 410 g/mol. The van der Waals surface area contributed by atoms with Gasteiger partial charge in [0, 0.05) is 25.2 Å². The van der Waals surface area contributed by atoms with Crippen molar-refractivity contribution in [3.63, 3.8) is 0 Å². The van der Waals surface area contributed by atoms with Gasteiger partial charge in [0.05, 0.1) is 12.1 Å². The Morgan fingerprint density at radius 1 is 1.31 bits per heavy atom. The number of carbonyl (C=O) groups is 2. The maximum absolute atomic E-state index is 13.0. The Balaban J connectivity index is 1.68. The Bertz CT molecular complexity index is 911. The lowest BCUT2D eigenvalue weighted by atomic mass is 9.97. The number of nitrogens with zero attached hydrogens (tertiary/aromatic N) is 4. The van der Waals surface area contributed by atoms with E-state index in [0.717, 1.165) is 25.1 Å². The Morgan fingerprint density at radius 2 is 2.10 bits per heavy atom. The molecule has 29 heavy (non-hydrogen) atoms. The van der Waals surface area contributed by atoms with Crippen LogP contribution in [0.3, 0.4) is 0 Å². The molecule has 3 amide bonds. The molecule has 156 valence electrons. The molecule has 1 atom stereocenters. The monoisotopic (exact) mass is 410 g/mol. The molecular weight excluding hydrogens is 389 g/mol. The van der Waals surface area contributed by atoms with Gasteiger partial charge in [-0.1, -0.05) is 6.08 Å². The topological polar surface area (TPSA) is 91.6 Å². The molecule has 0 saturated carbocycles. The smallest absolute Gasteiger partial charge is 0.334 e. The minimum Gasteiger partial charge on any atom is -0.334 e. The van der Waals surface area contributed by atoms with E-state index in [0.29, 0.717) is 24.6 Å². The number of likely N-dealkylation sites (tertiary alicyclic amines) is 1. The average Bonchev–Trinajstić information content (AvgIpc) is 3.09. The van der Waals surface area contributed by atoms with Crippen LogP contribution in [0.5, 0.6) is 0 Å². The number of rotatable bonds is 5. The van der Waals surface area contributed by atoms with Crippen molar-refractivity contribution in [1.29, 1.82) is 0 Å². The molecule has 1 saturated heterocycles. The molecule has 0 bridgehead atoms. The molecule has 0 aromatic carbocycles. The zero-order chi connectivity index (χ0) is 21.0. The number of hydrogen-bond acceptors (Lipinski definition) is 5. The number of nitrogens with one attached hydrogen (secondary N) is 2. The van der Waals surface area contributed by atoms with Crippen LogP contribution in [0.15, 0.2) is 31.0 Å². The molecule has 11 heteroatoms. The molecular formula is C18H21F3N6O2. The Morgan fingerprint density at radius 3 is 2.83 bits per heavy atom. The largest absolute Gasteiger partial charge is 0.417 e. The molecule has 1 unspecified atom stereocenters. The Kier molecular flexibility index (Phi) is 6.16. The fourth-order valence-electron chi connectivity index (χ4n) is 3.34. The van der Waals surface area contributed by atoms with Gasteiger partial charge in [0.15, 0.2) is 5.65 Å². The lowest BCUT2D eigenvalue weighted by Gasteiger charge is -2.31. The molecule has 0 radical (unpaired) electrons. The van der Waals surface area contributed by atoms with Crippen molar-refractivity contribution in [3.8, 4) is 0 Å². The van der Waals surface area contributed by atoms with Crippen LogP contribution < -0.4 is 10.6 Å². The van der Waals surface area contributed by atoms with E-state index in [1.54, 1.807) is 0 Å². The number of aromatic nitrogens is 3. The van der Waals surface area contributed by atoms with Crippen LogP contribution in [0.1, 0.15) is 30.1 Å². The van der Waals surface area contributed by atoms with Crippen LogP contribution in [-0.4, -0.2) is 57.6 Å². The zero-order valence-electron chi connectivity index (χ0n) is 15.6. The summed E-state index contributed by atoms with van der Waals surface area (Å²) in [6.45, 7) is 4.78. The van der Waals surface area contributed by atoms with Gasteiger partial charge in [-0.3, -0.25) is 19.4 Å². The van der Waals surface area contributed by atoms with E-state index in [1.807, 2.05) is 4.90 Å². The number of pyridine rings is 1. The number of halogens is 3. The molecule has 1 fully saturated rings. The van der Waals surface area contributed by atoms with Crippen molar-refractivity contribution in [2.24, 2.45) is 0 Å². The summed E-state index contributed by atoms with van der Waals surface area (Å²) in [6, 6.07) is 1.66.